The maximum Gasteiger partial charge on any atom is 0.257 e. The summed E-state index contributed by atoms with van der Waals surface area (Å²) in [5.74, 6) is 1.47. The average molecular weight is 406 g/mol. The summed E-state index contributed by atoms with van der Waals surface area (Å²) in [7, 11) is 0. The van der Waals surface area contributed by atoms with Crippen LogP contribution >= 0.6 is 0 Å². The van der Waals surface area contributed by atoms with Gasteiger partial charge in [0.25, 0.3) is 5.88 Å². The molecule has 1 aliphatic rings. The molecule has 1 N–H and O–H groups in total. The molecule has 0 spiro atoms. The zero-order valence-electron chi connectivity index (χ0n) is 17.1. The lowest BCUT2D eigenvalue weighted by molar-refractivity contribution is 0.288. The normalized spacial score (nSPS) is 13.4. The summed E-state index contributed by atoms with van der Waals surface area (Å²) in [4.78, 5) is 13.5. The number of hydrogen-bond donors (Lipinski definition) is 1. The van der Waals surface area contributed by atoms with Crippen molar-refractivity contribution < 1.29 is 9.47 Å². The molecule has 1 aliphatic heterocycles. The molecule has 2 bridgehead atoms. The summed E-state index contributed by atoms with van der Waals surface area (Å²) < 4.78 is 15.4. The number of rotatable bonds is 3. The third-order valence-corrected chi connectivity index (χ3v) is 5.01. The van der Waals surface area contributed by atoms with Crippen molar-refractivity contribution in [1.82, 2.24) is 34.5 Å². The fraction of sp³-hybridized carbons (Fsp3) is 0.350. The maximum atomic E-state index is 6.03. The van der Waals surface area contributed by atoms with Gasteiger partial charge in [0, 0.05) is 25.4 Å². The number of nitrogens with zero attached hydrogens (tertiary/aromatic N) is 7. The quantitative estimate of drug-likeness (QED) is 0.554. The number of hydrogen-bond acceptors (Lipinski definition) is 8. The van der Waals surface area contributed by atoms with Crippen molar-refractivity contribution in [3.8, 4) is 17.4 Å². The molecule has 30 heavy (non-hydrogen) atoms. The molecular formula is C20H22N8O2. The van der Waals surface area contributed by atoms with Crippen LogP contribution in [0.3, 0.4) is 0 Å². The predicted molar refractivity (Wildman–Crippen MR) is 111 cm³/mol. The maximum absolute atomic E-state index is 6.03. The van der Waals surface area contributed by atoms with Crippen molar-refractivity contribution >= 4 is 22.7 Å². The zero-order chi connectivity index (χ0) is 20.7. The molecule has 0 atom stereocenters. The molecule has 154 valence electrons. The number of fused-ring (bicyclic) bond motifs is 2. The molecule has 0 fully saturated rings. The van der Waals surface area contributed by atoms with Crippen molar-refractivity contribution in [2.45, 2.75) is 33.7 Å². The molecule has 0 amide bonds. The summed E-state index contributed by atoms with van der Waals surface area (Å²) in [6, 6.07) is 3.77. The van der Waals surface area contributed by atoms with E-state index in [0.29, 0.717) is 43.2 Å². The van der Waals surface area contributed by atoms with Crippen molar-refractivity contribution in [2.24, 2.45) is 0 Å². The van der Waals surface area contributed by atoms with Gasteiger partial charge in [-0.2, -0.15) is 10.1 Å². The lowest BCUT2D eigenvalue weighted by Gasteiger charge is -2.10. The highest BCUT2D eigenvalue weighted by Crippen LogP contribution is 2.34. The molecule has 0 aromatic carbocycles. The highest BCUT2D eigenvalue weighted by molar-refractivity contribution is 5.79. The summed E-state index contributed by atoms with van der Waals surface area (Å²) in [5.41, 5.74) is 4.02. The Labute approximate surface area is 172 Å². The van der Waals surface area contributed by atoms with E-state index in [1.807, 2.05) is 37.6 Å². The number of aryl methyl sites for hydroxylation is 2. The van der Waals surface area contributed by atoms with E-state index < -0.39 is 0 Å². The molecule has 0 radical (unpaired) electrons. The Morgan fingerprint density at radius 1 is 1.23 bits per heavy atom. The van der Waals surface area contributed by atoms with Crippen molar-refractivity contribution in [3.63, 3.8) is 0 Å². The monoisotopic (exact) mass is 406 g/mol. The average Bonchev–Trinajstić information content (AvgIpc) is 3.22. The van der Waals surface area contributed by atoms with Crippen molar-refractivity contribution in [3.05, 3.63) is 35.9 Å². The van der Waals surface area contributed by atoms with Crippen LogP contribution < -0.4 is 14.8 Å². The van der Waals surface area contributed by atoms with E-state index in [2.05, 4.69) is 25.5 Å². The van der Waals surface area contributed by atoms with Crippen LogP contribution in [0.4, 0.5) is 11.6 Å². The number of ether oxygens (including phenoxy) is 2. The smallest absolute Gasteiger partial charge is 0.257 e. The first-order chi connectivity index (χ1) is 14.7. The molecule has 0 aliphatic carbocycles. The third kappa shape index (κ3) is 3.00. The summed E-state index contributed by atoms with van der Waals surface area (Å²) in [6.07, 6.45) is 4.28. The Bertz CT molecular complexity index is 1230. The molecule has 4 aromatic heterocycles. The van der Waals surface area contributed by atoms with Gasteiger partial charge in [-0.1, -0.05) is 0 Å². The van der Waals surface area contributed by atoms with Gasteiger partial charge in [0.1, 0.15) is 11.4 Å². The molecular weight excluding hydrogens is 384 g/mol. The number of pyridine rings is 1. The number of nitrogens with one attached hydrogen (secondary N) is 1. The van der Waals surface area contributed by atoms with Gasteiger partial charge in [-0.05, 0) is 32.9 Å². The number of aromatic nitrogens is 7. The lowest BCUT2D eigenvalue weighted by Crippen LogP contribution is -2.07. The first-order valence-corrected chi connectivity index (χ1v) is 9.93. The van der Waals surface area contributed by atoms with Gasteiger partial charge < -0.3 is 14.8 Å². The minimum absolute atomic E-state index is 0.467. The third-order valence-electron chi connectivity index (χ3n) is 5.01. The van der Waals surface area contributed by atoms with Gasteiger partial charge in [0.2, 0.25) is 11.8 Å². The van der Waals surface area contributed by atoms with E-state index in [-0.39, 0.29) is 0 Å². The second kappa shape index (κ2) is 7.29. The first kappa shape index (κ1) is 18.3. The molecule has 5 heterocycles. The summed E-state index contributed by atoms with van der Waals surface area (Å²) in [6.45, 7) is 7.56. The largest absolute Gasteiger partial charge is 0.476 e. The molecule has 4 aromatic rings. The summed E-state index contributed by atoms with van der Waals surface area (Å²) in [5, 5.41) is 13.5. The topological polar surface area (TPSA) is 105 Å². The lowest BCUT2D eigenvalue weighted by atomic mass is 10.3. The van der Waals surface area contributed by atoms with E-state index in [1.54, 1.807) is 17.1 Å². The highest BCUT2D eigenvalue weighted by Gasteiger charge is 2.22. The Morgan fingerprint density at radius 3 is 3.00 bits per heavy atom. The SMILES string of the molecule is CCOc1ncccc1-n1nc2c(c1C)Nc1ncc3c(C)nn(c3n1)CCCO2. The Balaban J connectivity index is 1.62. The van der Waals surface area contributed by atoms with Crippen LogP contribution in [0, 0.1) is 13.8 Å². The van der Waals surface area contributed by atoms with Crippen molar-refractivity contribution in [2.75, 3.05) is 18.5 Å². The zero-order valence-corrected chi connectivity index (χ0v) is 17.1. The van der Waals surface area contributed by atoms with E-state index in [9.17, 15) is 0 Å². The minimum atomic E-state index is 0.467. The summed E-state index contributed by atoms with van der Waals surface area (Å²) >= 11 is 0. The van der Waals surface area contributed by atoms with Gasteiger partial charge in [-0.3, -0.25) is 0 Å². The second-order valence-corrected chi connectivity index (χ2v) is 7.00. The van der Waals surface area contributed by atoms with Crippen LogP contribution in [-0.2, 0) is 6.54 Å². The first-order valence-electron chi connectivity index (χ1n) is 9.93. The van der Waals surface area contributed by atoms with Crippen LogP contribution in [0.5, 0.6) is 11.8 Å². The Kier molecular flexibility index (Phi) is 4.46. The molecule has 0 saturated heterocycles. The highest BCUT2D eigenvalue weighted by atomic mass is 16.5. The van der Waals surface area contributed by atoms with Gasteiger partial charge in [0.05, 0.1) is 30.0 Å². The second-order valence-electron chi connectivity index (χ2n) is 7.00. The molecule has 0 saturated carbocycles. The Hall–Kier alpha value is -3.69. The predicted octanol–water partition coefficient (Wildman–Crippen LogP) is 2.95. The van der Waals surface area contributed by atoms with E-state index in [1.165, 1.54) is 0 Å². The van der Waals surface area contributed by atoms with Crippen LogP contribution in [0.1, 0.15) is 24.7 Å². The van der Waals surface area contributed by atoms with Gasteiger partial charge in [0.15, 0.2) is 5.65 Å². The van der Waals surface area contributed by atoms with Crippen LogP contribution in [0.15, 0.2) is 24.5 Å². The fourth-order valence-corrected chi connectivity index (χ4v) is 3.57. The fourth-order valence-electron chi connectivity index (χ4n) is 3.57. The molecule has 10 heteroatoms. The van der Waals surface area contributed by atoms with E-state index in [0.717, 1.165) is 34.5 Å². The molecule has 0 unspecified atom stereocenters. The van der Waals surface area contributed by atoms with Crippen LogP contribution in [-0.4, -0.2) is 47.7 Å². The van der Waals surface area contributed by atoms with Crippen LogP contribution in [0.25, 0.3) is 16.7 Å². The van der Waals surface area contributed by atoms with Crippen molar-refractivity contribution in [1.29, 1.82) is 0 Å². The minimum Gasteiger partial charge on any atom is -0.476 e. The molecule has 5 rings (SSSR count). The van der Waals surface area contributed by atoms with E-state index in [4.69, 9.17) is 14.5 Å². The van der Waals surface area contributed by atoms with Gasteiger partial charge in [-0.25, -0.2) is 19.3 Å². The number of anilines is 2. The Morgan fingerprint density at radius 2 is 2.13 bits per heavy atom. The van der Waals surface area contributed by atoms with Gasteiger partial charge >= 0.3 is 0 Å². The molecule has 10 nitrogen and oxygen atoms in total. The standard InChI is InChI=1S/C20H22N8O2/c1-4-29-18-15(7-5-8-21-18)28-13(3)16-19(26-28)30-10-6-9-27-17-14(12(2)25-27)11-22-20(23-16)24-17/h5,7-8,11H,4,6,9-10H2,1-3H3,(H,22,23,24). The van der Waals surface area contributed by atoms with Crippen LogP contribution in [0.2, 0.25) is 0 Å². The van der Waals surface area contributed by atoms with E-state index >= 15 is 0 Å². The van der Waals surface area contributed by atoms with Gasteiger partial charge in [-0.15, -0.1) is 5.10 Å².